The van der Waals surface area contributed by atoms with Crippen molar-refractivity contribution in [3.8, 4) is 0 Å². The summed E-state index contributed by atoms with van der Waals surface area (Å²) in [6, 6.07) is 8.61. The molecule has 116 valence electrons. The Morgan fingerprint density at radius 1 is 1.33 bits per heavy atom. The first kappa shape index (κ1) is 15.8. The molecule has 1 aromatic rings. The van der Waals surface area contributed by atoms with E-state index in [0.717, 1.165) is 6.54 Å². The minimum Gasteiger partial charge on any atom is -0.444 e. The Kier molecular flexibility index (Phi) is 4.57. The number of hydrogen-bond acceptors (Lipinski definition) is 3. The fourth-order valence-electron chi connectivity index (χ4n) is 2.63. The fourth-order valence-corrected chi connectivity index (χ4v) is 2.63. The molecule has 0 radical (unpaired) electrons. The van der Waals surface area contributed by atoms with E-state index in [9.17, 15) is 4.79 Å². The van der Waals surface area contributed by atoms with Crippen molar-refractivity contribution in [3.05, 3.63) is 35.4 Å². The van der Waals surface area contributed by atoms with Crippen molar-refractivity contribution in [3.63, 3.8) is 0 Å². The van der Waals surface area contributed by atoms with Crippen LogP contribution in [0.1, 0.15) is 44.9 Å². The molecule has 2 rings (SSSR count). The van der Waals surface area contributed by atoms with Crippen LogP contribution in [0.5, 0.6) is 0 Å². The lowest BCUT2D eigenvalue weighted by Gasteiger charge is -2.39. The summed E-state index contributed by atoms with van der Waals surface area (Å²) in [6.07, 6.45) is -0.227. The largest absolute Gasteiger partial charge is 0.444 e. The van der Waals surface area contributed by atoms with E-state index in [1.165, 1.54) is 11.1 Å². The highest BCUT2D eigenvalue weighted by Gasteiger charge is 2.32. The quantitative estimate of drug-likeness (QED) is 0.863. The van der Waals surface area contributed by atoms with Crippen molar-refractivity contribution in [1.82, 2.24) is 10.2 Å². The molecule has 4 heteroatoms. The number of rotatable bonds is 1. The highest BCUT2D eigenvalue weighted by Crippen LogP contribution is 2.24. The molecule has 1 saturated heterocycles. The first-order chi connectivity index (χ1) is 9.78. The van der Waals surface area contributed by atoms with Crippen LogP contribution in [-0.4, -0.2) is 35.7 Å². The van der Waals surface area contributed by atoms with Gasteiger partial charge in [0, 0.05) is 19.1 Å². The zero-order valence-electron chi connectivity index (χ0n) is 13.6. The predicted molar refractivity (Wildman–Crippen MR) is 84.3 cm³/mol. The van der Waals surface area contributed by atoms with Gasteiger partial charge in [0.2, 0.25) is 0 Å². The highest BCUT2D eigenvalue weighted by molar-refractivity contribution is 5.69. The lowest BCUT2D eigenvalue weighted by atomic mass is 9.98. The molecule has 0 aliphatic carbocycles. The van der Waals surface area contributed by atoms with Crippen molar-refractivity contribution in [2.75, 3.05) is 13.1 Å². The number of amides is 1. The summed E-state index contributed by atoms with van der Waals surface area (Å²) in [5.74, 6) is 0. The minimum atomic E-state index is -0.458. The third kappa shape index (κ3) is 3.97. The Morgan fingerprint density at radius 2 is 2.00 bits per heavy atom. The van der Waals surface area contributed by atoms with E-state index in [2.05, 4.69) is 24.4 Å². The predicted octanol–water partition coefficient (Wildman–Crippen LogP) is 3.26. The molecule has 1 heterocycles. The van der Waals surface area contributed by atoms with Crippen molar-refractivity contribution < 1.29 is 9.53 Å². The van der Waals surface area contributed by atoms with E-state index >= 15 is 0 Å². The molecule has 1 aromatic carbocycles. The van der Waals surface area contributed by atoms with E-state index in [4.69, 9.17) is 4.74 Å². The van der Waals surface area contributed by atoms with Gasteiger partial charge in [0.1, 0.15) is 5.60 Å². The zero-order chi connectivity index (χ0) is 15.6. The number of carbonyl (C=O) groups excluding carboxylic acids is 1. The van der Waals surface area contributed by atoms with Gasteiger partial charge in [0.25, 0.3) is 0 Å². The molecule has 0 unspecified atom stereocenters. The van der Waals surface area contributed by atoms with Crippen LogP contribution < -0.4 is 5.32 Å². The number of carbonyl (C=O) groups is 1. The summed E-state index contributed by atoms with van der Waals surface area (Å²) in [7, 11) is 0. The molecule has 0 bridgehead atoms. The molecule has 1 fully saturated rings. The van der Waals surface area contributed by atoms with Crippen molar-refractivity contribution >= 4 is 6.09 Å². The van der Waals surface area contributed by atoms with Gasteiger partial charge in [-0.1, -0.05) is 24.3 Å². The van der Waals surface area contributed by atoms with Crippen molar-refractivity contribution in [2.24, 2.45) is 0 Å². The molecule has 1 aliphatic rings. The molecular weight excluding hydrogens is 264 g/mol. The zero-order valence-corrected chi connectivity index (χ0v) is 13.6. The molecule has 1 aliphatic heterocycles. The average Bonchev–Trinajstić information content (AvgIpc) is 2.38. The van der Waals surface area contributed by atoms with Crippen LogP contribution in [-0.2, 0) is 4.74 Å². The Morgan fingerprint density at radius 3 is 2.62 bits per heavy atom. The maximum absolute atomic E-state index is 12.4. The maximum Gasteiger partial charge on any atom is 0.410 e. The summed E-state index contributed by atoms with van der Waals surface area (Å²) in [6.45, 7) is 11.3. The Labute approximate surface area is 127 Å². The fraction of sp³-hybridized carbons (Fsp3) is 0.588. The summed E-state index contributed by atoms with van der Waals surface area (Å²) in [5.41, 5.74) is 2.03. The molecule has 21 heavy (non-hydrogen) atoms. The van der Waals surface area contributed by atoms with Crippen LogP contribution >= 0.6 is 0 Å². The SMILES string of the molecule is Cc1ccccc1[C@H]1CN(C(=O)OC(C)(C)C)[C@H](C)CN1. The first-order valence-electron chi connectivity index (χ1n) is 7.56. The van der Waals surface area contributed by atoms with E-state index in [0.29, 0.717) is 6.54 Å². The Hall–Kier alpha value is -1.55. The minimum absolute atomic E-state index is 0.139. The van der Waals surface area contributed by atoms with Gasteiger partial charge in [0.15, 0.2) is 0 Å². The number of nitrogens with zero attached hydrogens (tertiary/aromatic N) is 1. The van der Waals surface area contributed by atoms with Crippen LogP contribution in [0.2, 0.25) is 0 Å². The Bertz CT molecular complexity index is 508. The Balaban J connectivity index is 2.13. The van der Waals surface area contributed by atoms with Gasteiger partial charge in [-0.3, -0.25) is 0 Å². The van der Waals surface area contributed by atoms with Gasteiger partial charge in [-0.25, -0.2) is 4.79 Å². The maximum atomic E-state index is 12.4. The molecule has 0 aromatic heterocycles. The molecule has 0 saturated carbocycles. The highest BCUT2D eigenvalue weighted by atomic mass is 16.6. The van der Waals surface area contributed by atoms with Gasteiger partial charge in [-0.15, -0.1) is 0 Å². The third-order valence-corrected chi connectivity index (χ3v) is 3.76. The molecule has 1 amide bonds. The number of benzene rings is 1. The second kappa shape index (κ2) is 6.06. The van der Waals surface area contributed by atoms with Crippen LogP contribution in [0.25, 0.3) is 0 Å². The smallest absolute Gasteiger partial charge is 0.410 e. The number of nitrogens with one attached hydrogen (secondary N) is 1. The van der Waals surface area contributed by atoms with Crippen molar-refractivity contribution in [2.45, 2.75) is 52.3 Å². The summed E-state index contributed by atoms with van der Waals surface area (Å²) in [5, 5.41) is 3.52. The molecule has 0 spiro atoms. The standard InChI is InChI=1S/C17H26N2O2/c1-12-8-6-7-9-14(12)15-11-19(13(2)10-18-15)16(20)21-17(3,4)5/h6-9,13,15,18H,10-11H2,1-5H3/t13-,15-/m1/s1. The summed E-state index contributed by atoms with van der Waals surface area (Å²) < 4.78 is 5.52. The second-order valence-corrected chi connectivity index (χ2v) is 6.80. The van der Waals surface area contributed by atoms with Crippen LogP contribution in [0.15, 0.2) is 24.3 Å². The summed E-state index contributed by atoms with van der Waals surface area (Å²) in [4.78, 5) is 14.2. The topological polar surface area (TPSA) is 41.6 Å². The third-order valence-electron chi connectivity index (χ3n) is 3.76. The lowest BCUT2D eigenvalue weighted by molar-refractivity contribution is 0.00955. The van der Waals surface area contributed by atoms with E-state index in [1.54, 1.807) is 0 Å². The lowest BCUT2D eigenvalue weighted by Crippen LogP contribution is -2.54. The number of aryl methyl sites for hydroxylation is 1. The van der Waals surface area contributed by atoms with E-state index < -0.39 is 5.60 Å². The van der Waals surface area contributed by atoms with E-state index in [1.807, 2.05) is 44.7 Å². The van der Waals surface area contributed by atoms with Gasteiger partial charge < -0.3 is 15.0 Å². The average molecular weight is 290 g/mol. The monoisotopic (exact) mass is 290 g/mol. The van der Waals surface area contributed by atoms with Gasteiger partial charge in [-0.2, -0.15) is 0 Å². The molecular formula is C17H26N2O2. The van der Waals surface area contributed by atoms with Gasteiger partial charge in [-0.05, 0) is 45.7 Å². The molecule has 1 N–H and O–H groups in total. The number of hydrogen-bond donors (Lipinski definition) is 1. The van der Waals surface area contributed by atoms with Crippen LogP contribution in [0.4, 0.5) is 4.79 Å². The first-order valence-corrected chi connectivity index (χ1v) is 7.56. The normalized spacial score (nSPS) is 23.0. The van der Waals surface area contributed by atoms with Crippen LogP contribution in [0.3, 0.4) is 0 Å². The number of ether oxygens (including phenoxy) is 1. The second-order valence-electron chi connectivity index (χ2n) is 6.80. The summed E-state index contributed by atoms with van der Waals surface area (Å²) >= 11 is 0. The van der Waals surface area contributed by atoms with Gasteiger partial charge in [0.05, 0.1) is 6.04 Å². The van der Waals surface area contributed by atoms with Crippen LogP contribution in [0, 0.1) is 6.92 Å². The number of piperazine rings is 1. The molecule has 4 nitrogen and oxygen atoms in total. The molecule has 2 atom stereocenters. The van der Waals surface area contributed by atoms with Gasteiger partial charge >= 0.3 is 6.09 Å². The van der Waals surface area contributed by atoms with Crippen molar-refractivity contribution in [1.29, 1.82) is 0 Å². The van der Waals surface area contributed by atoms with E-state index in [-0.39, 0.29) is 18.2 Å².